The Hall–Kier alpha value is -4.00. The number of allylic oxidation sites excluding steroid dienone is 1. The Labute approximate surface area is 160 Å². The van der Waals surface area contributed by atoms with Gasteiger partial charge in [0.1, 0.15) is 11.5 Å². The number of hydrogen-bond donors (Lipinski definition) is 1. The summed E-state index contributed by atoms with van der Waals surface area (Å²) in [5.41, 5.74) is 1.23. The van der Waals surface area contributed by atoms with Crippen molar-refractivity contribution in [2.24, 2.45) is 4.99 Å². The van der Waals surface area contributed by atoms with Crippen LogP contribution >= 0.6 is 0 Å². The first-order valence-electron chi connectivity index (χ1n) is 8.48. The fourth-order valence-electron chi connectivity index (χ4n) is 2.74. The third kappa shape index (κ3) is 3.33. The number of esters is 1. The number of ether oxygens (including phenoxy) is 1. The second kappa shape index (κ2) is 6.96. The largest absolute Gasteiger partial charge is 0.423 e. The second-order valence-electron chi connectivity index (χ2n) is 6.15. The van der Waals surface area contributed by atoms with Crippen molar-refractivity contribution >= 4 is 29.6 Å². The lowest BCUT2D eigenvalue weighted by molar-refractivity contribution is -0.114. The van der Waals surface area contributed by atoms with Gasteiger partial charge in [0.05, 0.1) is 11.1 Å². The van der Waals surface area contributed by atoms with Crippen LogP contribution < -0.4 is 4.74 Å². The summed E-state index contributed by atoms with van der Waals surface area (Å²) in [7, 11) is 0. The number of benzene rings is 2. The molecule has 2 aromatic rings. The molecule has 0 spiro atoms. The van der Waals surface area contributed by atoms with E-state index in [2.05, 4.69) is 4.99 Å². The summed E-state index contributed by atoms with van der Waals surface area (Å²) < 4.78 is 5.33. The molecule has 0 atom stereocenters. The minimum atomic E-state index is -0.509. The summed E-state index contributed by atoms with van der Waals surface area (Å²) in [5.74, 6) is 0.193. The van der Waals surface area contributed by atoms with E-state index in [4.69, 9.17) is 15.0 Å². The highest BCUT2D eigenvalue weighted by molar-refractivity contribution is 6.32. The molecule has 0 fully saturated rings. The van der Waals surface area contributed by atoms with Crippen LogP contribution in [-0.2, 0) is 9.63 Å². The maximum absolute atomic E-state index is 12.3. The third-order valence-corrected chi connectivity index (χ3v) is 4.09. The lowest BCUT2D eigenvalue weighted by Gasteiger charge is -2.22. The molecule has 1 amide bonds. The van der Waals surface area contributed by atoms with Crippen LogP contribution in [0.25, 0.3) is 6.08 Å². The van der Waals surface area contributed by atoms with Crippen LogP contribution in [0.2, 0.25) is 0 Å². The van der Waals surface area contributed by atoms with Crippen LogP contribution in [0, 0.1) is 5.41 Å². The zero-order chi connectivity index (χ0) is 19.7. The van der Waals surface area contributed by atoms with Crippen molar-refractivity contribution in [3.63, 3.8) is 0 Å². The number of carbonyl (C=O) groups excluding carboxylic acids is 2. The summed E-state index contributed by atoms with van der Waals surface area (Å²) in [6.07, 6.45) is 3.14. The van der Waals surface area contributed by atoms with E-state index in [0.717, 1.165) is 0 Å². The number of nitrogens with zero attached hydrogens (tertiary/aromatic N) is 2. The summed E-state index contributed by atoms with van der Waals surface area (Å²) in [6.45, 7) is 1.72. The van der Waals surface area contributed by atoms with Crippen molar-refractivity contribution < 1.29 is 19.2 Å². The smallest absolute Gasteiger partial charge is 0.343 e. The molecule has 0 radical (unpaired) electrons. The van der Waals surface area contributed by atoms with Gasteiger partial charge < -0.3 is 9.57 Å². The molecule has 0 unspecified atom stereocenters. The van der Waals surface area contributed by atoms with E-state index in [0.29, 0.717) is 28.5 Å². The molecule has 0 bridgehead atoms. The normalized spacial score (nSPS) is 17.0. The number of hydrogen-bond acceptors (Lipinski definition) is 5. The zero-order valence-electron chi connectivity index (χ0n) is 14.9. The van der Waals surface area contributed by atoms with Gasteiger partial charge in [-0.1, -0.05) is 30.3 Å². The monoisotopic (exact) mass is 373 g/mol. The molecule has 7 nitrogen and oxygen atoms in total. The molecule has 28 heavy (non-hydrogen) atoms. The molecule has 2 heterocycles. The molecule has 0 saturated heterocycles. The quantitative estimate of drug-likeness (QED) is 0.506. The number of aliphatic imine (C=N–C) groups is 1. The SMILES string of the molecule is CC1=CC2=NC(=O)/C(=C\c3ccc(OC(=O)c4ccccc4)cc3)C(=N)N2O1. The van der Waals surface area contributed by atoms with Crippen LogP contribution in [-0.4, -0.2) is 28.6 Å². The fraction of sp³-hybridized carbons (Fsp3) is 0.0476. The molecular weight excluding hydrogens is 358 g/mol. The Balaban J connectivity index is 1.51. The molecule has 0 aliphatic carbocycles. The Morgan fingerprint density at radius 2 is 1.86 bits per heavy atom. The van der Waals surface area contributed by atoms with Crippen molar-refractivity contribution in [2.45, 2.75) is 6.92 Å². The van der Waals surface area contributed by atoms with Gasteiger partial charge in [-0.2, -0.15) is 4.99 Å². The van der Waals surface area contributed by atoms with E-state index in [9.17, 15) is 9.59 Å². The summed E-state index contributed by atoms with van der Waals surface area (Å²) >= 11 is 0. The van der Waals surface area contributed by atoms with Crippen LogP contribution in [0.4, 0.5) is 0 Å². The standard InChI is InChI=1S/C21H15N3O4/c1-13-11-18-23-20(25)17(19(22)24(18)28-13)12-14-7-9-16(10-8-14)27-21(26)15-5-3-2-4-6-15/h2-12,22H,1H3/b17-12-,22-19?. The van der Waals surface area contributed by atoms with Gasteiger partial charge in [-0.05, 0) is 42.8 Å². The van der Waals surface area contributed by atoms with E-state index < -0.39 is 11.9 Å². The van der Waals surface area contributed by atoms with Gasteiger partial charge in [-0.3, -0.25) is 10.2 Å². The first kappa shape index (κ1) is 17.4. The van der Waals surface area contributed by atoms with Crippen molar-refractivity contribution in [3.8, 4) is 5.75 Å². The topological polar surface area (TPSA) is 92.0 Å². The Bertz CT molecular complexity index is 1070. The highest BCUT2D eigenvalue weighted by Crippen LogP contribution is 2.24. The van der Waals surface area contributed by atoms with Gasteiger partial charge in [-0.15, -0.1) is 5.06 Å². The fourth-order valence-corrected chi connectivity index (χ4v) is 2.74. The summed E-state index contributed by atoms with van der Waals surface area (Å²) in [5, 5.41) is 9.41. The van der Waals surface area contributed by atoms with E-state index in [1.165, 1.54) is 5.06 Å². The Morgan fingerprint density at radius 1 is 1.14 bits per heavy atom. The second-order valence-corrected chi connectivity index (χ2v) is 6.15. The van der Waals surface area contributed by atoms with Crippen molar-refractivity contribution in [1.82, 2.24) is 5.06 Å². The molecule has 4 rings (SSSR count). The van der Waals surface area contributed by atoms with Gasteiger partial charge in [-0.25, -0.2) is 4.79 Å². The number of amidine groups is 2. The molecular formula is C21H15N3O4. The predicted molar refractivity (Wildman–Crippen MR) is 103 cm³/mol. The van der Waals surface area contributed by atoms with Crippen LogP contribution in [0.5, 0.6) is 5.75 Å². The van der Waals surface area contributed by atoms with Gasteiger partial charge >= 0.3 is 5.97 Å². The molecule has 0 aromatic heterocycles. The molecule has 2 aromatic carbocycles. The first-order chi connectivity index (χ1) is 13.5. The third-order valence-electron chi connectivity index (χ3n) is 4.09. The Kier molecular flexibility index (Phi) is 4.33. The van der Waals surface area contributed by atoms with Crippen molar-refractivity contribution in [2.75, 3.05) is 0 Å². The van der Waals surface area contributed by atoms with Gasteiger partial charge in [0.25, 0.3) is 5.91 Å². The highest BCUT2D eigenvalue weighted by atomic mass is 16.7. The zero-order valence-corrected chi connectivity index (χ0v) is 14.9. The lowest BCUT2D eigenvalue weighted by atomic mass is 10.1. The first-order valence-corrected chi connectivity index (χ1v) is 8.48. The van der Waals surface area contributed by atoms with Crippen molar-refractivity contribution in [3.05, 3.63) is 83.1 Å². The molecule has 2 aliphatic heterocycles. The van der Waals surface area contributed by atoms with Crippen LogP contribution in [0.15, 0.2) is 77.0 Å². The Morgan fingerprint density at radius 3 is 2.57 bits per heavy atom. The molecule has 7 heteroatoms. The lowest BCUT2D eigenvalue weighted by Crippen LogP contribution is -2.38. The van der Waals surface area contributed by atoms with Crippen molar-refractivity contribution in [1.29, 1.82) is 5.41 Å². The highest BCUT2D eigenvalue weighted by Gasteiger charge is 2.34. The minimum absolute atomic E-state index is 0.0809. The maximum atomic E-state index is 12.3. The van der Waals surface area contributed by atoms with Gasteiger partial charge in [0, 0.05) is 6.08 Å². The van der Waals surface area contributed by atoms with E-state index in [-0.39, 0.29) is 11.4 Å². The average Bonchev–Trinajstić information content (AvgIpc) is 3.07. The number of carbonyl (C=O) groups is 2. The van der Waals surface area contributed by atoms with Crippen LogP contribution in [0.3, 0.4) is 0 Å². The van der Waals surface area contributed by atoms with Gasteiger partial charge in [0.15, 0.2) is 11.7 Å². The minimum Gasteiger partial charge on any atom is -0.423 e. The average molecular weight is 373 g/mol. The summed E-state index contributed by atoms with van der Waals surface area (Å²) in [6, 6.07) is 15.3. The molecule has 2 aliphatic rings. The molecule has 138 valence electrons. The number of hydroxylamine groups is 2. The number of nitrogens with one attached hydrogen (secondary N) is 1. The van der Waals surface area contributed by atoms with E-state index in [1.54, 1.807) is 67.6 Å². The maximum Gasteiger partial charge on any atom is 0.343 e. The van der Waals surface area contributed by atoms with Gasteiger partial charge in [0.2, 0.25) is 0 Å². The number of rotatable bonds is 3. The summed E-state index contributed by atoms with van der Waals surface area (Å²) in [4.78, 5) is 33.7. The molecule has 1 N–H and O–H groups in total. The van der Waals surface area contributed by atoms with E-state index >= 15 is 0 Å². The van der Waals surface area contributed by atoms with E-state index in [1.807, 2.05) is 6.07 Å². The predicted octanol–water partition coefficient (Wildman–Crippen LogP) is 3.36. The van der Waals surface area contributed by atoms with Crippen LogP contribution in [0.1, 0.15) is 22.8 Å². The number of amides is 1. The molecule has 0 saturated carbocycles. The number of fused-ring (bicyclic) bond motifs is 1.